The fourth-order valence-electron chi connectivity index (χ4n) is 1.78. The topological polar surface area (TPSA) is 37.3 Å². The highest BCUT2D eigenvalue weighted by molar-refractivity contribution is 5.81. The Labute approximate surface area is 87.7 Å². The molecule has 0 saturated heterocycles. The lowest BCUT2D eigenvalue weighted by atomic mass is 9.90. The van der Waals surface area contributed by atoms with Gasteiger partial charge in [0.1, 0.15) is 5.78 Å². The summed E-state index contributed by atoms with van der Waals surface area (Å²) in [7, 11) is 0. The molecule has 0 aromatic heterocycles. The van der Waals surface area contributed by atoms with Gasteiger partial charge < -0.3 is 5.11 Å². The minimum absolute atomic E-state index is 0.128. The molecule has 2 nitrogen and oxygen atoms in total. The van der Waals surface area contributed by atoms with Crippen LogP contribution in [0.15, 0.2) is 0 Å². The zero-order chi connectivity index (χ0) is 11.0. The SMILES string of the molecule is CCCCC[C@H](O)[C@H](CC)C(=O)CC. The molecule has 0 rings (SSSR count). The summed E-state index contributed by atoms with van der Waals surface area (Å²) in [6, 6.07) is 0. The van der Waals surface area contributed by atoms with Crippen molar-refractivity contribution in [3.63, 3.8) is 0 Å². The minimum atomic E-state index is -0.418. The highest BCUT2D eigenvalue weighted by Gasteiger charge is 2.22. The van der Waals surface area contributed by atoms with Gasteiger partial charge in [0.05, 0.1) is 6.10 Å². The van der Waals surface area contributed by atoms with E-state index in [0.717, 1.165) is 32.1 Å². The summed E-state index contributed by atoms with van der Waals surface area (Å²) in [5, 5.41) is 9.82. The van der Waals surface area contributed by atoms with Gasteiger partial charge in [-0.1, -0.05) is 40.0 Å². The monoisotopic (exact) mass is 200 g/mol. The van der Waals surface area contributed by atoms with Crippen LogP contribution in [0.25, 0.3) is 0 Å². The molecule has 0 radical (unpaired) electrons. The molecule has 0 fully saturated rings. The molecule has 0 aliphatic rings. The number of aliphatic hydroxyl groups excluding tert-OH is 1. The lowest BCUT2D eigenvalue weighted by Crippen LogP contribution is -2.27. The molecule has 0 aromatic carbocycles. The average Bonchev–Trinajstić information content (AvgIpc) is 2.19. The standard InChI is InChI=1S/C12H24O2/c1-4-7-8-9-12(14)10(5-2)11(13)6-3/h10,12,14H,4-9H2,1-3H3/t10-,12+/m1/s1. The second-order valence-corrected chi connectivity index (χ2v) is 3.90. The van der Waals surface area contributed by atoms with E-state index >= 15 is 0 Å². The molecule has 0 aliphatic heterocycles. The van der Waals surface area contributed by atoms with Gasteiger partial charge in [-0.25, -0.2) is 0 Å². The minimum Gasteiger partial charge on any atom is -0.392 e. The first kappa shape index (κ1) is 13.6. The third-order valence-electron chi connectivity index (χ3n) is 2.77. The Morgan fingerprint density at radius 1 is 1.21 bits per heavy atom. The van der Waals surface area contributed by atoms with E-state index in [1.807, 2.05) is 13.8 Å². The van der Waals surface area contributed by atoms with Crippen molar-refractivity contribution >= 4 is 5.78 Å². The first-order chi connectivity index (χ1) is 6.67. The molecular weight excluding hydrogens is 176 g/mol. The molecule has 2 heteroatoms. The van der Waals surface area contributed by atoms with E-state index in [0.29, 0.717) is 6.42 Å². The van der Waals surface area contributed by atoms with Crippen molar-refractivity contribution in [2.24, 2.45) is 5.92 Å². The molecular formula is C12H24O2. The van der Waals surface area contributed by atoms with E-state index in [1.165, 1.54) is 0 Å². The predicted octanol–water partition coefficient (Wildman–Crippen LogP) is 2.93. The number of rotatable bonds is 8. The van der Waals surface area contributed by atoms with Crippen molar-refractivity contribution in [3.05, 3.63) is 0 Å². The van der Waals surface area contributed by atoms with Crippen LogP contribution < -0.4 is 0 Å². The summed E-state index contributed by atoms with van der Waals surface area (Å²) < 4.78 is 0. The van der Waals surface area contributed by atoms with E-state index in [2.05, 4.69) is 6.92 Å². The molecule has 2 atom stereocenters. The Hall–Kier alpha value is -0.370. The maximum Gasteiger partial charge on any atom is 0.138 e. The first-order valence-electron chi connectivity index (χ1n) is 5.88. The van der Waals surface area contributed by atoms with Gasteiger partial charge in [-0.3, -0.25) is 4.79 Å². The van der Waals surface area contributed by atoms with Crippen molar-refractivity contribution < 1.29 is 9.90 Å². The Bertz CT molecular complexity index is 154. The van der Waals surface area contributed by atoms with Crippen LogP contribution in [0.1, 0.15) is 59.3 Å². The van der Waals surface area contributed by atoms with Crippen LogP contribution in [-0.2, 0) is 4.79 Å². The molecule has 0 saturated carbocycles. The fourth-order valence-corrected chi connectivity index (χ4v) is 1.78. The van der Waals surface area contributed by atoms with Crippen molar-refractivity contribution in [1.82, 2.24) is 0 Å². The lowest BCUT2D eigenvalue weighted by Gasteiger charge is -2.19. The zero-order valence-electron chi connectivity index (χ0n) is 9.75. The Balaban J connectivity index is 3.91. The van der Waals surface area contributed by atoms with Crippen molar-refractivity contribution in [3.8, 4) is 0 Å². The van der Waals surface area contributed by atoms with Crippen LogP contribution in [0.5, 0.6) is 0 Å². The Morgan fingerprint density at radius 3 is 2.29 bits per heavy atom. The van der Waals surface area contributed by atoms with Crippen molar-refractivity contribution in [1.29, 1.82) is 0 Å². The predicted molar refractivity (Wildman–Crippen MR) is 59.2 cm³/mol. The van der Waals surface area contributed by atoms with Gasteiger partial charge in [0.25, 0.3) is 0 Å². The number of aliphatic hydroxyl groups is 1. The number of hydrogen-bond acceptors (Lipinski definition) is 2. The maximum absolute atomic E-state index is 11.5. The molecule has 84 valence electrons. The molecule has 0 aromatic rings. The second kappa shape index (κ2) is 7.98. The number of carbonyl (C=O) groups excluding carboxylic acids is 1. The molecule has 0 heterocycles. The smallest absolute Gasteiger partial charge is 0.138 e. The summed E-state index contributed by atoms with van der Waals surface area (Å²) in [6.07, 6.45) is 5.00. The van der Waals surface area contributed by atoms with E-state index in [9.17, 15) is 9.90 Å². The number of hydrogen-bond donors (Lipinski definition) is 1. The second-order valence-electron chi connectivity index (χ2n) is 3.90. The van der Waals surface area contributed by atoms with Crippen LogP contribution in [0, 0.1) is 5.92 Å². The van der Waals surface area contributed by atoms with Gasteiger partial charge in [0.15, 0.2) is 0 Å². The molecule has 0 unspecified atom stereocenters. The van der Waals surface area contributed by atoms with Crippen molar-refractivity contribution in [2.75, 3.05) is 0 Å². The average molecular weight is 200 g/mol. The van der Waals surface area contributed by atoms with Crippen LogP contribution in [0.2, 0.25) is 0 Å². The number of carbonyl (C=O) groups is 1. The van der Waals surface area contributed by atoms with Gasteiger partial charge in [-0.15, -0.1) is 0 Å². The molecule has 0 spiro atoms. The van der Waals surface area contributed by atoms with Crippen molar-refractivity contribution in [2.45, 2.75) is 65.4 Å². The lowest BCUT2D eigenvalue weighted by molar-refractivity contribution is -0.126. The summed E-state index contributed by atoms with van der Waals surface area (Å²) in [6.45, 7) is 5.98. The van der Waals surface area contributed by atoms with Gasteiger partial charge >= 0.3 is 0 Å². The largest absolute Gasteiger partial charge is 0.392 e. The van der Waals surface area contributed by atoms with Gasteiger partial charge in [-0.2, -0.15) is 0 Å². The molecule has 1 N–H and O–H groups in total. The Morgan fingerprint density at radius 2 is 1.86 bits per heavy atom. The first-order valence-corrected chi connectivity index (χ1v) is 5.88. The quantitative estimate of drug-likeness (QED) is 0.612. The van der Waals surface area contributed by atoms with Crippen LogP contribution in [-0.4, -0.2) is 17.0 Å². The summed E-state index contributed by atoms with van der Waals surface area (Å²) in [5.41, 5.74) is 0. The third-order valence-corrected chi connectivity index (χ3v) is 2.77. The third kappa shape index (κ3) is 4.75. The fraction of sp³-hybridized carbons (Fsp3) is 0.917. The molecule has 0 bridgehead atoms. The van der Waals surface area contributed by atoms with Gasteiger partial charge in [0.2, 0.25) is 0 Å². The highest BCUT2D eigenvalue weighted by Crippen LogP contribution is 2.17. The number of unbranched alkanes of at least 4 members (excludes halogenated alkanes) is 2. The number of Topliss-reactive ketones (excluding diaryl/α,β-unsaturated/α-hetero) is 1. The molecule has 0 aliphatic carbocycles. The van der Waals surface area contributed by atoms with E-state index in [-0.39, 0.29) is 11.7 Å². The Kier molecular flexibility index (Phi) is 7.77. The van der Waals surface area contributed by atoms with Crippen LogP contribution >= 0.6 is 0 Å². The normalized spacial score (nSPS) is 15.1. The van der Waals surface area contributed by atoms with E-state index in [4.69, 9.17) is 0 Å². The summed E-state index contributed by atoms with van der Waals surface area (Å²) in [4.78, 5) is 11.5. The maximum atomic E-state index is 11.5. The van der Waals surface area contributed by atoms with E-state index < -0.39 is 6.10 Å². The van der Waals surface area contributed by atoms with Crippen LogP contribution in [0.3, 0.4) is 0 Å². The van der Waals surface area contributed by atoms with Gasteiger partial charge in [0, 0.05) is 12.3 Å². The highest BCUT2D eigenvalue weighted by atomic mass is 16.3. The molecule has 14 heavy (non-hydrogen) atoms. The van der Waals surface area contributed by atoms with Gasteiger partial charge in [-0.05, 0) is 12.8 Å². The number of ketones is 1. The zero-order valence-corrected chi connectivity index (χ0v) is 9.75. The van der Waals surface area contributed by atoms with Crippen LogP contribution in [0.4, 0.5) is 0 Å². The van der Waals surface area contributed by atoms with E-state index in [1.54, 1.807) is 0 Å². The summed E-state index contributed by atoms with van der Waals surface area (Å²) in [5.74, 6) is 0.0772. The molecule has 0 amide bonds. The summed E-state index contributed by atoms with van der Waals surface area (Å²) >= 11 is 0.